The smallest absolute Gasteiger partial charge is 0.301 e. The first-order valence-electron chi connectivity index (χ1n) is 11.9. The van der Waals surface area contributed by atoms with Crippen LogP contribution >= 0.6 is 11.3 Å². The van der Waals surface area contributed by atoms with Crippen molar-refractivity contribution in [3.05, 3.63) is 89.4 Å². The minimum atomic E-state index is -0.976. The number of rotatable bonds is 5. The zero-order valence-electron chi connectivity index (χ0n) is 20.5. The Bertz CT molecular complexity index is 1770. The molecule has 1 amide bonds. The molecule has 0 saturated carbocycles. The number of phenolic OH excluding ortho intramolecular Hbond substituents is 1. The van der Waals surface area contributed by atoms with Crippen molar-refractivity contribution in [2.75, 3.05) is 11.5 Å². The summed E-state index contributed by atoms with van der Waals surface area (Å²) in [6, 6.07) is 16.1. The van der Waals surface area contributed by atoms with Gasteiger partial charge in [0.05, 0.1) is 34.1 Å². The van der Waals surface area contributed by atoms with Crippen LogP contribution in [0, 0.1) is 6.92 Å². The topological polar surface area (TPSA) is 117 Å². The van der Waals surface area contributed by atoms with E-state index in [4.69, 9.17) is 4.74 Å². The van der Waals surface area contributed by atoms with E-state index in [1.807, 2.05) is 19.1 Å². The number of aromatic hydroxyl groups is 1. The first-order valence-corrected chi connectivity index (χ1v) is 12.8. The molecule has 38 heavy (non-hydrogen) atoms. The molecule has 190 valence electrons. The van der Waals surface area contributed by atoms with Crippen LogP contribution in [0.1, 0.15) is 29.9 Å². The number of hydrogen-bond donors (Lipinski definition) is 2. The van der Waals surface area contributed by atoms with Gasteiger partial charge in [-0.1, -0.05) is 29.5 Å². The number of nitrogens with zero attached hydrogens (tertiary/aromatic N) is 4. The summed E-state index contributed by atoms with van der Waals surface area (Å²) >= 11 is 1.25. The van der Waals surface area contributed by atoms with E-state index in [-0.39, 0.29) is 17.1 Å². The van der Waals surface area contributed by atoms with Crippen molar-refractivity contribution in [1.82, 2.24) is 14.4 Å². The number of benzene rings is 2. The molecule has 1 atom stereocenters. The zero-order chi connectivity index (χ0) is 26.6. The summed E-state index contributed by atoms with van der Waals surface area (Å²) in [6.07, 6.45) is 1.74. The first-order chi connectivity index (χ1) is 18.4. The number of carbonyl (C=O) groups excluding carboxylic acids is 2. The van der Waals surface area contributed by atoms with Crippen LogP contribution in [-0.2, 0) is 9.59 Å². The first kappa shape index (κ1) is 23.7. The minimum Gasteiger partial charge on any atom is -0.508 e. The predicted molar refractivity (Wildman–Crippen MR) is 144 cm³/mol. The number of imidazole rings is 1. The summed E-state index contributed by atoms with van der Waals surface area (Å²) in [5.74, 6) is -1.26. The van der Waals surface area contributed by atoms with Crippen molar-refractivity contribution in [2.45, 2.75) is 19.9 Å². The van der Waals surface area contributed by atoms with E-state index >= 15 is 0 Å². The standard InChI is InChI=1S/C28H22N4O5S/c1-3-37-18-11-12-19-20(14-18)38-28(30-19)32-24(16-7-9-17(33)10-8-16)22(26(35)27(32)36)25(34)23-15(2)29-21-6-4-5-13-31(21)23/h4-14,24,33-34H,3H2,1-2H3. The van der Waals surface area contributed by atoms with Crippen LogP contribution in [0.3, 0.4) is 0 Å². The molecule has 0 bridgehead atoms. The Morgan fingerprint density at radius 3 is 2.63 bits per heavy atom. The molecule has 1 aliphatic rings. The van der Waals surface area contributed by atoms with Crippen molar-refractivity contribution in [3.63, 3.8) is 0 Å². The number of anilines is 1. The molecule has 1 fully saturated rings. The summed E-state index contributed by atoms with van der Waals surface area (Å²) in [7, 11) is 0. The summed E-state index contributed by atoms with van der Waals surface area (Å²) in [4.78, 5) is 37.5. The summed E-state index contributed by atoms with van der Waals surface area (Å²) in [6.45, 7) is 4.14. The molecule has 0 aliphatic carbocycles. The van der Waals surface area contributed by atoms with Gasteiger partial charge in [0, 0.05) is 6.20 Å². The summed E-state index contributed by atoms with van der Waals surface area (Å²) in [5.41, 5.74) is 2.53. The van der Waals surface area contributed by atoms with Gasteiger partial charge in [-0.15, -0.1) is 0 Å². The lowest BCUT2D eigenvalue weighted by molar-refractivity contribution is -0.132. The number of ketones is 1. The van der Waals surface area contributed by atoms with Gasteiger partial charge in [0.2, 0.25) is 0 Å². The van der Waals surface area contributed by atoms with Gasteiger partial charge in [0.25, 0.3) is 5.78 Å². The largest absolute Gasteiger partial charge is 0.508 e. The Morgan fingerprint density at radius 1 is 1.08 bits per heavy atom. The highest BCUT2D eigenvalue weighted by Crippen LogP contribution is 2.45. The highest BCUT2D eigenvalue weighted by molar-refractivity contribution is 7.22. The van der Waals surface area contributed by atoms with E-state index in [0.29, 0.717) is 45.6 Å². The summed E-state index contributed by atoms with van der Waals surface area (Å²) < 4.78 is 8.06. The zero-order valence-corrected chi connectivity index (χ0v) is 21.3. The van der Waals surface area contributed by atoms with Gasteiger partial charge in [-0.3, -0.25) is 18.9 Å². The SMILES string of the molecule is CCOc1ccc2nc(N3C(=O)C(=O)C(=C(O)c4c(C)nc5ccccn45)C3c3ccc(O)cc3)sc2c1. The van der Waals surface area contributed by atoms with E-state index in [9.17, 15) is 19.8 Å². The number of pyridine rings is 1. The van der Waals surface area contributed by atoms with Crippen molar-refractivity contribution in [1.29, 1.82) is 0 Å². The molecule has 9 nitrogen and oxygen atoms in total. The van der Waals surface area contributed by atoms with Crippen LogP contribution in [0.2, 0.25) is 0 Å². The van der Waals surface area contributed by atoms with Crippen molar-refractivity contribution in [2.24, 2.45) is 0 Å². The van der Waals surface area contributed by atoms with E-state index < -0.39 is 17.7 Å². The third-order valence-corrected chi connectivity index (χ3v) is 7.46. The highest BCUT2D eigenvalue weighted by atomic mass is 32.1. The third-order valence-electron chi connectivity index (χ3n) is 6.45. The molecule has 1 unspecified atom stereocenters. The molecule has 2 aromatic carbocycles. The van der Waals surface area contributed by atoms with Gasteiger partial charge in [-0.2, -0.15) is 0 Å². The van der Waals surface area contributed by atoms with E-state index in [0.717, 1.165) is 4.70 Å². The summed E-state index contributed by atoms with van der Waals surface area (Å²) in [5, 5.41) is 21.8. The second kappa shape index (κ2) is 9.00. The average Bonchev–Trinajstić information content (AvgIpc) is 3.55. The Hall–Kier alpha value is -4.70. The van der Waals surface area contributed by atoms with E-state index in [2.05, 4.69) is 9.97 Å². The van der Waals surface area contributed by atoms with Crippen LogP contribution in [0.5, 0.6) is 11.5 Å². The number of carbonyl (C=O) groups is 2. The number of phenols is 1. The van der Waals surface area contributed by atoms with Gasteiger partial charge >= 0.3 is 5.91 Å². The van der Waals surface area contributed by atoms with Crippen LogP contribution in [0.15, 0.2) is 72.4 Å². The molecule has 0 spiro atoms. The molecule has 1 saturated heterocycles. The quantitative estimate of drug-likeness (QED) is 0.188. The van der Waals surface area contributed by atoms with E-state index in [1.54, 1.807) is 53.9 Å². The second-order valence-electron chi connectivity index (χ2n) is 8.79. The maximum Gasteiger partial charge on any atom is 0.301 e. The molecule has 1 aliphatic heterocycles. The van der Waals surface area contributed by atoms with Gasteiger partial charge in [-0.05, 0) is 61.9 Å². The second-order valence-corrected chi connectivity index (χ2v) is 9.80. The van der Waals surface area contributed by atoms with Crippen LogP contribution in [0.25, 0.3) is 21.6 Å². The number of aryl methyl sites for hydroxylation is 1. The number of hydrogen-bond acceptors (Lipinski definition) is 8. The van der Waals surface area contributed by atoms with Crippen LogP contribution in [-0.4, -0.2) is 42.9 Å². The van der Waals surface area contributed by atoms with Crippen molar-refractivity contribution < 1.29 is 24.5 Å². The number of aromatic nitrogens is 3. The lowest BCUT2D eigenvalue weighted by atomic mass is 9.96. The average molecular weight is 527 g/mol. The van der Waals surface area contributed by atoms with Gasteiger partial charge < -0.3 is 14.9 Å². The molecule has 3 aromatic heterocycles. The molecule has 10 heteroatoms. The van der Waals surface area contributed by atoms with Gasteiger partial charge in [0.15, 0.2) is 10.9 Å². The molecule has 2 N–H and O–H groups in total. The Labute approximate surface area is 220 Å². The fraction of sp³-hybridized carbons (Fsp3) is 0.143. The highest BCUT2D eigenvalue weighted by Gasteiger charge is 2.48. The fourth-order valence-corrected chi connectivity index (χ4v) is 5.80. The lowest BCUT2D eigenvalue weighted by Crippen LogP contribution is -2.29. The molecule has 0 radical (unpaired) electrons. The Kier molecular flexibility index (Phi) is 5.61. The van der Waals surface area contributed by atoms with E-state index in [1.165, 1.54) is 28.4 Å². The number of Topliss-reactive ketones (excluding diaryl/α,β-unsaturated/α-hetero) is 1. The van der Waals surface area contributed by atoms with Crippen LogP contribution in [0.4, 0.5) is 5.13 Å². The molecule has 4 heterocycles. The van der Waals surface area contributed by atoms with Gasteiger partial charge in [-0.25, -0.2) is 9.97 Å². The number of aliphatic hydroxyl groups is 1. The Morgan fingerprint density at radius 2 is 1.87 bits per heavy atom. The molecular formula is C28H22N4O5S. The third kappa shape index (κ3) is 3.69. The molecule has 6 rings (SSSR count). The number of aliphatic hydroxyl groups excluding tert-OH is 1. The van der Waals surface area contributed by atoms with Crippen LogP contribution < -0.4 is 9.64 Å². The minimum absolute atomic E-state index is 0.0340. The molecule has 5 aromatic rings. The Balaban J connectivity index is 1.57. The number of fused-ring (bicyclic) bond motifs is 2. The maximum atomic E-state index is 13.5. The maximum absolute atomic E-state index is 13.5. The number of thiazole rings is 1. The lowest BCUT2D eigenvalue weighted by Gasteiger charge is -2.23. The van der Waals surface area contributed by atoms with Crippen molar-refractivity contribution in [3.8, 4) is 11.5 Å². The normalized spacial score (nSPS) is 17.1. The fourth-order valence-electron chi connectivity index (χ4n) is 4.78. The van der Waals surface area contributed by atoms with Gasteiger partial charge in [0.1, 0.15) is 22.8 Å². The monoisotopic (exact) mass is 526 g/mol. The predicted octanol–water partition coefficient (Wildman–Crippen LogP) is 4.98. The van der Waals surface area contributed by atoms with Crippen molar-refractivity contribution >= 4 is 49.8 Å². The molecular weight excluding hydrogens is 504 g/mol. The number of ether oxygens (including phenoxy) is 1. The number of amides is 1.